The molecule has 0 bridgehead atoms. The minimum Gasteiger partial charge on any atom is -1.00 e. The van der Waals surface area contributed by atoms with Gasteiger partial charge in [0, 0.05) is 21.2 Å². The van der Waals surface area contributed by atoms with Gasteiger partial charge in [0.1, 0.15) is 26.2 Å². The molecule has 0 atom stereocenters. The van der Waals surface area contributed by atoms with Crippen LogP contribution < -0.4 is 34.0 Å². The summed E-state index contributed by atoms with van der Waals surface area (Å²) in [5.41, 5.74) is 1.49. The van der Waals surface area contributed by atoms with Crippen molar-refractivity contribution in [2.75, 3.05) is 52.4 Å². The average molecular weight is 663 g/mol. The molecule has 2 saturated heterocycles. The van der Waals surface area contributed by atoms with Gasteiger partial charge in [0.25, 0.3) is 0 Å². The van der Waals surface area contributed by atoms with Gasteiger partial charge in [0.2, 0.25) is 11.6 Å². The Labute approximate surface area is 246 Å². The van der Waals surface area contributed by atoms with E-state index >= 15 is 0 Å². The van der Waals surface area contributed by atoms with E-state index in [9.17, 15) is 9.59 Å². The standard InChI is InChI=1S/C28H36Cl2N2O2.2BrH/c29-25-11-7-23(8-12-25)27(33)21-31(15-3-1-4-16-31)19-20-32(17-5-2-6-18-32)22-28(34)24-9-13-26(30)14-10-24;;/h7-14H,1-6,15-22H2;2*1H/q+2;;/p-2. The lowest BCUT2D eigenvalue weighted by Gasteiger charge is -2.46. The van der Waals surface area contributed by atoms with E-state index in [-0.39, 0.29) is 45.5 Å². The third-order valence-electron chi connectivity index (χ3n) is 7.87. The van der Waals surface area contributed by atoms with Crippen LogP contribution in [0.25, 0.3) is 0 Å². The number of carbonyl (C=O) groups excluding carboxylic acids is 2. The molecule has 2 fully saturated rings. The molecule has 36 heavy (non-hydrogen) atoms. The predicted molar refractivity (Wildman–Crippen MR) is 139 cm³/mol. The first kappa shape index (κ1) is 31.5. The Morgan fingerprint density at radius 2 is 0.861 bits per heavy atom. The van der Waals surface area contributed by atoms with Gasteiger partial charge in [0.15, 0.2) is 0 Å². The number of hydrogen-bond acceptors (Lipinski definition) is 2. The Kier molecular flexibility index (Phi) is 12.6. The smallest absolute Gasteiger partial charge is 0.216 e. The summed E-state index contributed by atoms with van der Waals surface area (Å²) in [6.45, 7) is 7.16. The molecule has 8 heteroatoms. The Hall–Kier alpha value is -0.760. The molecule has 198 valence electrons. The molecule has 0 spiro atoms. The Bertz CT molecular complexity index is 906. The van der Waals surface area contributed by atoms with Crippen LogP contribution in [-0.4, -0.2) is 72.9 Å². The molecule has 0 unspecified atom stereocenters. The van der Waals surface area contributed by atoms with Gasteiger partial charge in [-0.2, -0.15) is 0 Å². The van der Waals surface area contributed by atoms with Gasteiger partial charge in [-0.15, -0.1) is 0 Å². The summed E-state index contributed by atoms with van der Waals surface area (Å²) in [4.78, 5) is 26.4. The summed E-state index contributed by atoms with van der Waals surface area (Å²) >= 11 is 12.1. The fourth-order valence-corrected chi connectivity index (χ4v) is 6.03. The maximum absolute atomic E-state index is 13.2. The molecule has 2 aromatic carbocycles. The van der Waals surface area contributed by atoms with Gasteiger partial charge in [-0.05, 0) is 87.1 Å². The van der Waals surface area contributed by atoms with E-state index in [0.717, 1.165) is 85.0 Å². The molecule has 0 aliphatic carbocycles. The fraction of sp³-hybridized carbons (Fsp3) is 0.500. The number of rotatable bonds is 9. The summed E-state index contributed by atoms with van der Waals surface area (Å²) in [5.74, 6) is 0.391. The highest BCUT2D eigenvalue weighted by Crippen LogP contribution is 2.25. The number of nitrogens with zero attached hydrogens (tertiary/aromatic N) is 2. The second-order valence-electron chi connectivity index (χ2n) is 10.3. The molecule has 0 amide bonds. The number of ketones is 2. The summed E-state index contributed by atoms with van der Waals surface area (Å²) in [5, 5.41) is 1.31. The van der Waals surface area contributed by atoms with Crippen LogP contribution in [0.1, 0.15) is 59.2 Å². The normalized spacial score (nSPS) is 18.4. The summed E-state index contributed by atoms with van der Waals surface area (Å²) in [6, 6.07) is 14.6. The number of benzene rings is 2. The number of piperidine rings is 2. The van der Waals surface area contributed by atoms with Crippen LogP contribution in [0.3, 0.4) is 0 Å². The second kappa shape index (κ2) is 14.4. The maximum atomic E-state index is 13.2. The van der Waals surface area contributed by atoms with Gasteiger partial charge in [-0.25, -0.2) is 0 Å². The maximum Gasteiger partial charge on any atom is 0.216 e. The fourth-order valence-electron chi connectivity index (χ4n) is 5.78. The number of carbonyl (C=O) groups is 2. The minimum atomic E-state index is 0. The molecule has 2 heterocycles. The van der Waals surface area contributed by atoms with Gasteiger partial charge < -0.3 is 42.9 Å². The predicted octanol–water partition coefficient (Wildman–Crippen LogP) is 0.0684. The number of Topliss-reactive ketones (excluding diaryl/α,β-unsaturated/α-hetero) is 2. The van der Waals surface area contributed by atoms with Crippen molar-refractivity contribution in [3.8, 4) is 0 Å². The van der Waals surface area contributed by atoms with Crippen LogP contribution >= 0.6 is 23.2 Å². The van der Waals surface area contributed by atoms with Crippen LogP contribution in [0, 0.1) is 0 Å². The quantitative estimate of drug-likeness (QED) is 0.282. The molecule has 4 rings (SSSR count). The molecule has 0 aromatic heterocycles. The van der Waals surface area contributed by atoms with E-state index in [2.05, 4.69) is 0 Å². The molecule has 2 aliphatic heterocycles. The average Bonchev–Trinajstić information content (AvgIpc) is 2.85. The van der Waals surface area contributed by atoms with Crippen molar-refractivity contribution in [1.29, 1.82) is 0 Å². The molecule has 0 N–H and O–H groups in total. The third kappa shape index (κ3) is 8.37. The molecular formula is C28H36Br2Cl2N2O2. The zero-order chi connectivity index (χ0) is 24.0. The second-order valence-corrected chi connectivity index (χ2v) is 11.2. The van der Waals surface area contributed by atoms with Crippen molar-refractivity contribution in [2.45, 2.75) is 38.5 Å². The van der Waals surface area contributed by atoms with Crippen molar-refractivity contribution >= 4 is 34.8 Å². The zero-order valence-electron chi connectivity index (χ0n) is 20.7. The van der Waals surface area contributed by atoms with E-state index in [1.165, 1.54) is 12.8 Å². The van der Waals surface area contributed by atoms with E-state index in [0.29, 0.717) is 23.1 Å². The minimum absolute atomic E-state index is 0. The first-order valence-corrected chi connectivity index (χ1v) is 13.4. The largest absolute Gasteiger partial charge is 1.00 e. The molecular weight excluding hydrogens is 627 g/mol. The third-order valence-corrected chi connectivity index (χ3v) is 8.37. The van der Waals surface area contributed by atoms with Crippen molar-refractivity contribution in [3.63, 3.8) is 0 Å². The van der Waals surface area contributed by atoms with E-state index < -0.39 is 0 Å². The highest BCUT2D eigenvalue weighted by molar-refractivity contribution is 6.31. The highest BCUT2D eigenvalue weighted by Gasteiger charge is 2.39. The van der Waals surface area contributed by atoms with Crippen LogP contribution in [0.15, 0.2) is 48.5 Å². The first-order chi connectivity index (χ1) is 16.4. The zero-order valence-corrected chi connectivity index (χ0v) is 25.4. The lowest BCUT2D eigenvalue weighted by atomic mass is 10.0. The lowest BCUT2D eigenvalue weighted by molar-refractivity contribution is -0.977. The summed E-state index contributed by atoms with van der Waals surface area (Å²) < 4.78 is 1.69. The van der Waals surface area contributed by atoms with Gasteiger partial charge in [0.05, 0.1) is 26.2 Å². The Morgan fingerprint density at radius 1 is 0.556 bits per heavy atom. The van der Waals surface area contributed by atoms with Crippen LogP contribution in [-0.2, 0) is 0 Å². The van der Waals surface area contributed by atoms with Gasteiger partial charge in [-0.3, -0.25) is 9.59 Å². The van der Waals surface area contributed by atoms with Crippen LogP contribution in [0.2, 0.25) is 10.0 Å². The van der Waals surface area contributed by atoms with Crippen LogP contribution in [0.5, 0.6) is 0 Å². The number of quaternary nitrogens is 2. The monoisotopic (exact) mass is 660 g/mol. The van der Waals surface area contributed by atoms with Gasteiger partial charge in [-0.1, -0.05) is 23.2 Å². The Morgan fingerprint density at radius 3 is 1.17 bits per heavy atom. The SMILES string of the molecule is O=C(C[N+]1(CC[N+]2(CC(=O)c3ccc(Cl)cc3)CCCCC2)CCCCC1)c1ccc(Cl)cc1.[Br-].[Br-]. The molecule has 4 nitrogen and oxygen atoms in total. The lowest BCUT2D eigenvalue weighted by Crippen LogP contribution is -3.00. The van der Waals surface area contributed by atoms with Crippen molar-refractivity contribution in [1.82, 2.24) is 0 Å². The van der Waals surface area contributed by atoms with Crippen molar-refractivity contribution in [3.05, 3.63) is 69.7 Å². The summed E-state index contributed by atoms with van der Waals surface area (Å²) in [6.07, 6.45) is 7.14. The Balaban J connectivity index is 0.00000228. The van der Waals surface area contributed by atoms with Crippen molar-refractivity contribution in [2.24, 2.45) is 0 Å². The van der Waals surface area contributed by atoms with E-state index in [1.807, 2.05) is 24.3 Å². The number of hydrogen-bond donors (Lipinski definition) is 0. The topological polar surface area (TPSA) is 34.1 Å². The molecule has 0 radical (unpaired) electrons. The van der Waals surface area contributed by atoms with E-state index in [4.69, 9.17) is 23.2 Å². The highest BCUT2D eigenvalue weighted by atomic mass is 79.9. The molecule has 0 saturated carbocycles. The van der Waals surface area contributed by atoms with Gasteiger partial charge >= 0.3 is 0 Å². The van der Waals surface area contributed by atoms with Crippen LogP contribution in [0.4, 0.5) is 0 Å². The van der Waals surface area contributed by atoms with E-state index in [1.54, 1.807) is 24.3 Å². The first-order valence-electron chi connectivity index (χ1n) is 12.7. The molecule has 2 aromatic rings. The number of halogens is 4. The summed E-state index contributed by atoms with van der Waals surface area (Å²) in [7, 11) is 0. The van der Waals surface area contributed by atoms with Crippen molar-refractivity contribution < 1.29 is 52.5 Å². The number of likely N-dealkylation sites (tertiary alicyclic amines) is 2. The molecule has 2 aliphatic rings.